The third-order valence-electron chi connectivity index (χ3n) is 3.69. The van der Waals surface area contributed by atoms with Gasteiger partial charge in [0.05, 0.1) is 24.2 Å². The van der Waals surface area contributed by atoms with Gasteiger partial charge in [0.25, 0.3) is 0 Å². The number of benzene rings is 1. The zero-order chi connectivity index (χ0) is 13.2. The molecule has 0 atom stereocenters. The molecule has 1 aromatic carbocycles. The fourth-order valence-corrected chi connectivity index (χ4v) is 2.42. The van der Waals surface area contributed by atoms with E-state index in [2.05, 4.69) is 35.1 Å². The minimum Gasteiger partial charge on any atom is -0.375 e. The first-order chi connectivity index (χ1) is 9.29. The van der Waals surface area contributed by atoms with Gasteiger partial charge in [-0.15, -0.1) is 0 Å². The molecule has 1 N–H and O–H groups in total. The Morgan fingerprint density at radius 1 is 1.42 bits per heavy atom. The minimum absolute atomic E-state index is 0.660. The van der Waals surface area contributed by atoms with E-state index in [1.807, 2.05) is 7.05 Å². The van der Waals surface area contributed by atoms with Crippen LogP contribution in [0.3, 0.4) is 0 Å². The SMILES string of the molecule is CNCCOCc1ccc2c(c1)nc(C1CC1)n2C. The van der Waals surface area contributed by atoms with Crippen LogP contribution in [0, 0.1) is 0 Å². The highest BCUT2D eigenvalue weighted by Gasteiger charge is 2.28. The number of aryl methyl sites for hydroxylation is 1. The topological polar surface area (TPSA) is 39.1 Å². The molecular formula is C15H21N3O. The van der Waals surface area contributed by atoms with Gasteiger partial charge < -0.3 is 14.6 Å². The lowest BCUT2D eigenvalue weighted by atomic mass is 10.2. The summed E-state index contributed by atoms with van der Waals surface area (Å²) >= 11 is 0. The molecule has 4 heteroatoms. The van der Waals surface area contributed by atoms with Gasteiger partial charge in [-0.25, -0.2) is 4.98 Å². The normalized spacial score (nSPS) is 15.3. The second-order valence-electron chi connectivity index (χ2n) is 5.28. The zero-order valence-corrected chi connectivity index (χ0v) is 11.6. The first kappa shape index (κ1) is 12.6. The van der Waals surface area contributed by atoms with Crippen molar-refractivity contribution in [2.24, 2.45) is 7.05 Å². The van der Waals surface area contributed by atoms with E-state index >= 15 is 0 Å². The lowest BCUT2D eigenvalue weighted by Gasteiger charge is -2.04. The number of fused-ring (bicyclic) bond motifs is 1. The van der Waals surface area contributed by atoms with Gasteiger partial charge in [0.15, 0.2) is 0 Å². The molecule has 19 heavy (non-hydrogen) atoms. The molecule has 0 aliphatic heterocycles. The summed E-state index contributed by atoms with van der Waals surface area (Å²) in [6, 6.07) is 6.45. The monoisotopic (exact) mass is 259 g/mol. The number of likely N-dealkylation sites (N-methyl/N-ethyl adjacent to an activating group) is 1. The molecule has 4 nitrogen and oxygen atoms in total. The summed E-state index contributed by atoms with van der Waals surface area (Å²) in [4.78, 5) is 4.77. The highest BCUT2D eigenvalue weighted by atomic mass is 16.5. The number of rotatable bonds is 6. The van der Waals surface area contributed by atoms with Crippen molar-refractivity contribution in [1.29, 1.82) is 0 Å². The number of ether oxygens (including phenoxy) is 1. The van der Waals surface area contributed by atoms with E-state index in [1.54, 1.807) is 0 Å². The Bertz CT molecular complexity index is 572. The quantitative estimate of drug-likeness (QED) is 0.808. The van der Waals surface area contributed by atoms with Gasteiger partial charge in [-0.05, 0) is 37.6 Å². The van der Waals surface area contributed by atoms with Crippen LogP contribution in [0.15, 0.2) is 18.2 Å². The van der Waals surface area contributed by atoms with Crippen molar-refractivity contribution in [3.63, 3.8) is 0 Å². The highest BCUT2D eigenvalue weighted by Crippen LogP contribution is 2.40. The van der Waals surface area contributed by atoms with E-state index in [4.69, 9.17) is 9.72 Å². The summed E-state index contributed by atoms with van der Waals surface area (Å²) in [6.45, 7) is 2.29. The van der Waals surface area contributed by atoms with Crippen LogP contribution in [0.25, 0.3) is 11.0 Å². The smallest absolute Gasteiger partial charge is 0.112 e. The summed E-state index contributed by atoms with van der Waals surface area (Å²) in [7, 11) is 4.05. The summed E-state index contributed by atoms with van der Waals surface area (Å²) in [5, 5.41) is 3.07. The van der Waals surface area contributed by atoms with Crippen LogP contribution in [-0.4, -0.2) is 29.8 Å². The maximum atomic E-state index is 5.61. The van der Waals surface area contributed by atoms with Crippen LogP contribution < -0.4 is 5.32 Å². The molecule has 1 heterocycles. The molecule has 0 amide bonds. The van der Waals surface area contributed by atoms with Crippen molar-refractivity contribution in [1.82, 2.24) is 14.9 Å². The standard InChI is InChI=1S/C15H21N3O/c1-16-7-8-19-10-11-3-6-14-13(9-11)17-15(18(14)2)12-4-5-12/h3,6,9,12,16H,4-5,7-8,10H2,1-2H3. The van der Waals surface area contributed by atoms with Gasteiger partial charge in [0.2, 0.25) is 0 Å². The first-order valence-corrected chi connectivity index (χ1v) is 6.97. The van der Waals surface area contributed by atoms with Crippen LogP contribution in [0.2, 0.25) is 0 Å². The number of hydrogen-bond acceptors (Lipinski definition) is 3. The molecule has 0 saturated heterocycles. The molecule has 1 aromatic heterocycles. The molecule has 1 aliphatic carbocycles. The number of imidazole rings is 1. The molecule has 1 saturated carbocycles. The molecule has 102 valence electrons. The molecule has 1 fully saturated rings. The van der Waals surface area contributed by atoms with Gasteiger partial charge in [0.1, 0.15) is 5.82 Å². The minimum atomic E-state index is 0.660. The van der Waals surface area contributed by atoms with E-state index in [-0.39, 0.29) is 0 Å². The maximum Gasteiger partial charge on any atom is 0.112 e. The predicted molar refractivity (Wildman–Crippen MR) is 76.3 cm³/mol. The Morgan fingerprint density at radius 3 is 3.00 bits per heavy atom. The average Bonchev–Trinajstić information content (AvgIpc) is 3.21. The molecule has 1 aliphatic rings. The van der Waals surface area contributed by atoms with Gasteiger partial charge >= 0.3 is 0 Å². The molecule has 0 spiro atoms. The second-order valence-corrected chi connectivity index (χ2v) is 5.28. The summed E-state index contributed by atoms with van der Waals surface area (Å²) < 4.78 is 7.84. The Balaban J connectivity index is 1.76. The van der Waals surface area contributed by atoms with Gasteiger partial charge in [-0.1, -0.05) is 6.07 Å². The van der Waals surface area contributed by atoms with E-state index < -0.39 is 0 Å². The molecule has 2 aromatic rings. The van der Waals surface area contributed by atoms with Crippen molar-refractivity contribution in [2.45, 2.75) is 25.4 Å². The van der Waals surface area contributed by atoms with Crippen molar-refractivity contribution >= 4 is 11.0 Å². The Kier molecular flexibility index (Phi) is 3.53. The van der Waals surface area contributed by atoms with E-state index in [0.29, 0.717) is 12.5 Å². The number of aromatic nitrogens is 2. The third-order valence-corrected chi connectivity index (χ3v) is 3.69. The van der Waals surface area contributed by atoms with Gasteiger partial charge in [-0.3, -0.25) is 0 Å². The molecule has 3 rings (SSSR count). The predicted octanol–water partition coefficient (Wildman–Crippen LogP) is 2.19. The Hall–Kier alpha value is -1.39. The average molecular weight is 259 g/mol. The maximum absolute atomic E-state index is 5.61. The molecule has 0 bridgehead atoms. The molecular weight excluding hydrogens is 238 g/mol. The number of hydrogen-bond donors (Lipinski definition) is 1. The number of nitrogens with one attached hydrogen (secondary N) is 1. The van der Waals surface area contributed by atoms with Crippen LogP contribution in [0.4, 0.5) is 0 Å². The Labute approximate surface area is 113 Å². The first-order valence-electron chi connectivity index (χ1n) is 6.97. The van der Waals surface area contributed by atoms with E-state index in [1.165, 1.54) is 29.7 Å². The fourth-order valence-electron chi connectivity index (χ4n) is 2.42. The van der Waals surface area contributed by atoms with Crippen molar-refractivity contribution in [3.8, 4) is 0 Å². The molecule has 0 unspecified atom stereocenters. The zero-order valence-electron chi connectivity index (χ0n) is 11.6. The van der Waals surface area contributed by atoms with Crippen molar-refractivity contribution in [3.05, 3.63) is 29.6 Å². The molecule has 0 radical (unpaired) electrons. The van der Waals surface area contributed by atoms with Gasteiger partial charge in [0, 0.05) is 19.5 Å². The van der Waals surface area contributed by atoms with Crippen LogP contribution >= 0.6 is 0 Å². The lowest BCUT2D eigenvalue weighted by molar-refractivity contribution is 0.124. The van der Waals surface area contributed by atoms with Crippen molar-refractivity contribution in [2.75, 3.05) is 20.2 Å². The van der Waals surface area contributed by atoms with Crippen LogP contribution in [0.5, 0.6) is 0 Å². The summed E-state index contributed by atoms with van der Waals surface area (Å²) in [5.74, 6) is 1.93. The lowest BCUT2D eigenvalue weighted by Crippen LogP contribution is -2.13. The van der Waals surface area contributed by atoms with E-state index in [9.17, 15) is 0 Å². The van der Waals surface area contributed by atoms with Crippen LogP contribution in [-0.2, 0) is 18.4 Å². The largest absolute Gasteiger partial charge is 0.375 e. The van der Waals surface area contributed by atoms with Crippen molar-refractivity contribution < 1.29 is 4.74 Å². The Morgan fingerprint density at radius 2 is 2.26 bits per heavy atom. The number of nitrogens with zero attached hydrogens (tertiary/aromatic N) is 2. The summed E-state index contributed by atoms with van der Waals surface area (Å²) in [6.07, 6.45) is 2.58. The second kappa shape index (κ2) is 5.31. The van der Waals surface area contributed by atoms with E-state index in [0.717, 1.165) is 18.7 Å². The van der Waals surface area contributed by atoms with Gasteiger partial charge in [-0.2, -0.15) is 0 Å². The summed E-state index contributed by atoms with van der Waals surface area (Å²) in [5.41, 5.74) is 3.52. The highest BCUT2D eigenvalue weighted by molar-refractivity contribution is 5.77. The van der Waals surface area contributed by atoms with Crippen LogP contribution in [0.1, 0.15) is 30.1 Å². The fraction of sp³-hybridized carbons (Fsp3) is 0.533. The third kappa shape index (κ3) is 2.65.